The van der Waals surface area contributed by atoms with E-state index in [4.69, 9.17) is 0 Å². The van der Waals surface area contributed by atoms with Crippen LogP contribution < -0.4 is 0 Å². The van der Waals surface area contributed by atoms with Crippen molar-refractivity contribution >= 4 is 28.7 Å². The maximum absolute atomic E-state index is 12.4. The molecule has 6 nitrogen and oxygen atoms in total. The molecule has 0 saturated heterocycles. The fourth-order valence-electron chi connectivity index (χ4n) is 2.93. The van der Waals surface area contributed by atoms with Crippen LogP contribution >= 0.6 is 11.8 Å². The zero-order valence-electron chi connectivity index (χ0n) is 14.0. The van der Waals surface area contributed by atoms with Crippen LogP contribution in [0.3, 0.4) is 0 Å². The molecule has 3 aromatic rings. The van der Waals surface area contributed by atoms with E-state index in [9.17, 15) is 4.79 Å². The van der Waals surface area contributed by atoms with E-state index < -0.39 is 0 Å². The molecule has 2 aromatic heterocycles. The van der Waals surface area contributed by atoms with Gasteiger partial charge in [0.2, 0.25) is 5.91 Å². The van der Waals surface area contributed by atoms with Gasteiger partial charge in [0.25, 0.3) is 0 Å². The van der Waals surface area contributed by atoms with Gasteiger partial charge in [0.15, 0.2) is 5.65 Å². The number of carbonyl (C=O) groups is 1. The number of fused-ring (bicyclic) bond motifs is 1. The molecule has 0 radical (unpaired) electrons. The zero-order chi connectivity index (χ0) is 17.2. The molecule has 1 aromatic carbocycles. The van der Waals surface area contributed by atoms with Gasteiger partial charge in [0.1, 0.15) is 11.4 Å². The third-order valence-corrected chi connectivity index (χ3v) is 5.30. The van der Waals surface area contributed by atoms with Crippen molar-refractivity contribution in [1.29, 1.82) is 0 Å². The Hall–Kier alpha value is -2.41. The summed E-state index contributed by atoms with van der Waals surface area (Å²) in [5.41, 5.74) is 1.71. The molecule has 25 heavy (non-hydrogen) atoms. The van der Waals surface area contributed by atoms with Crippen molar-refractivity contribution in [1.82, 2.24) is 24.6 Å². The third-order valence-electron chi connectivity index (χ3n) is 4.31. The maximum Gasteiger partial charge on any atom is 0.233 e. The first-order valence-corrected chi connectivity index (χ1v) is 9.43. The van der Waals surface area contributed by atoms with E-state index in [0.29, 0.717) is 11.8 Å². The van der Waals surface area contributed by atoms with E-state index in [1.165, 1.54) is 18.1 Å². The number of amides is 1. The highest BCUT2D eigenvalue weighted by Crippen LogP contribution is 2.29. The number of para-hydroxylation sites is 1. The van der Waals surface area contributed by atoms with Crippen LogP contribution in [0.15, 0.2) is 47.9 Å². The second-order valence-electron chi connectivity index (χ2n) is 6.01. The van der Waals surface area contributed by atoms with Crippen LogP contribution in [0.2, 0.25) is 0 Å². The molecular weight excluding hydrogens is 334 g/mol. The van der Waals surface area contributed by atoms with Gasteiger partial charge in [-0.1, -0.05) is 30.0 Å². The minimum atomic E-state index is 0.178. The summed E-state index contributed by atoms with van der Waals surface area (Å²) in [5.74, 6) is 0.574. The summed E-state index contributed by atoms with van der Waals surface area (Å²) in [4.78, 5) is 23.1. The van der Waals surface area contributed by atoms with Gasteiger partial charge in [-0.05, 0) is 31.9 Å². The van der Waals surface area contributed by atoms with Gasteiger partial charge in [0.05, 0.1) is 23.0 Å². The normalized spacial score (nSPS) is 14.0. The highest BCUT2D eigenvalue weighted by atomic mass is 32.2. The van der Waals surface area contributed by atoms with Crippen molar-refractivity contribution in [2.45, 2.75) is 30.8 Å². The largest absolute Gasteiger partial charge is 0.339 e. The molecule has 1 aliphatic rings. The highest BCUT2D eigenvalue weighted by Gasteiger charge is 2.31. The number of hydrogen-bond donors (Lipinski definition) is 0. The Morgan fingerprint density at radius 2 is 2.08 bits per heavy atom. The van der Waals surface area contributed by atoms with Crippen molar-refractivity contribution in [3.8, 4) is 5.69 Å². The summed E-state index contributed by atoms with van der Waals surface area (Å²) < 4.78 is 1.80. The van der Waals surface area contributed by atoms with Crippen molar-refractivity contribution in [3.63, 3.8) is 0 Å². The number of benzene rings is 1. The molecule has 0 N–H and O–H groups in total. The Labute approximate surface area is 150 Å². The minimum Gasteiger partial charge on any atom is -0.339 e. The number of hydrogen-bond acceptors (Lipinski definition) is 5. The second-order valence-corrected chi connectivity index (χ2v) is 6.97. The maximum atomic E-state index is 12.4. The Balaban J connectivity index is 1.56. The number of thioether (sulfide) groups is 1. The third kappa shape index (κ3) is 3.24. The Kier molecular flexibility index (Phi) is 4.40. The van der Waals surface area contributed by atoms with Crippen LogP contribution in [0.5, 0.6) is 0 Å². The van der Waals surface area contributed by atoms with Crippen LogP contribution in [0.1, 0.15) is 19.8 Å². The van der Waals surface area contributed by atoms with Gasteiger partial charge < -0.3 is 4.90 Å². The Morgan fingerprint density at radius 1 is 1.28 bits per heavy atom. The van der Waals surface area contributed by atoms with Crippen LogP contribution in [0, 0.1) is 0 Å². The fraction of sp³-hybridized carbons (Fsp3) is 0.333. The minimum absolute atomic E-state index is 0.178. The monoisotopic (exact) mass is 353 g/mol. The summed E-state index contributed by atoms with van der Waals surface area (Å²) in [6.07, 6.45) is 5.57. The molecule has 0 aliphatic heterocycles. The molecule has 0 atom stereocenters. The molecule has 1 fully saturated rings. The number of rotatable bonds is 6. The van der Waals surface area contributed by atoms with E-state index in [1.54, 1.807) is 10.9 Å². The summed E-state index contributed by atoms with van der Waals surface area (Å²) in [6, 6.07) is 10.3. The summed E-state index contributed by atoms with van der Waals surface area (Å²) in [7, 11) is 0. The number of carbonyl (C=O) groups excluding carboxylic acids is 1. The zero-order valence-corrected chi connectivity index (χ0v) is 14.8. The average Bonchev–Trinajstić information content (AvgIpc) is 3.38. The lowest BCUT2D eigenvalue weighted by Crippen LogP contribution is -2.34. The van der Waals surface area contributed by atoms with Crippen molar-refractivity contribution in [2.24, 2.45) is 0 Å². The molecule has 0 spiro atoms. The number of nitrogens with zero attached hydrogens (tertiary/aromatic N) is 5. The lowest BCUT2D eigenvalue weighted by atomic mass is 10.3. The molecule has 1 amide bonds. The smallest absolute Gasteiger partial charge is 0.233 e. The summed E-state index contributed by atoms with van der Waals surface area (Å²) >= 11 is 1.46. The van der Waals surface area contributed by atoms with Gasteiger partial charge in [-0.2, -0.15) is 5.10 Å². The van der Waals surface area contributed by atoms with Gasteiger partial charge in [-0.3, -0.25) is 4.79 Å². The predicted molar refractivity (Wildman–Crippen MR) is 97.8 cm³/mol. The first-order chi connectivity index (χ1) is 12.3. The van der Waals surface area contributed by atoms with Crippen molar-refractivity contribution in [3.05, 3.63) is 42.9 Å². The van der Waals surface area contributed by atoms with E-state index in [2.05, 4.69) is 15.1 Å². The molecular formula is C18H19N5OS. The average molecular weight is 353 g/mol. The molecule has 1 saturated carbocycles. The first kappa shape index (κ1) is 16.1. The topological polar surface area (TPSA) is 63.9 Å². The predicted octanol–water partition coefficient (Wildman–Crippen LogP) is 2.92. The summed E-state index contributed by atoms with van der Waals surface area (Å²) in [5, 5.41) is 6.12. The molecule has 128 valence electrons. The van der Waals surface area contributed by atoms with Crippen molar-refractivity contribution in [2.75, 3.05) is 12.3 Å². The standard InChI is InChI=1S/C18H19N5OS/c1-2-22(13-8-9-13)16(24)11-25-18-15-10-21-23(17(15)19-12-20-18)14-6-4-3-5-7-14/h3-7,10,12-13H,2,8-9,11H2,1H3. The Morgan fingerprint density at radius 3 is 2.80 bits per heavy atom. The summed E-state index contributed by atoms with van der Waals surface area (Å²) in [6.45, 7) is 2.81. The van der Waals surface area contributed by atoms with Crippen LogP contribution in [0.4, 0.5) is 0 Å². The van der Waals surface area contributed by atoms with Gasteiger partial charge in [-0.15, -0.1) is 0 Å². The molecule has 0 unspecified atom stereocenters. The number of aromatic nitrogens is 4. The van der Waals surface area contributed by atoms with Crippen molar-refractivity contribution < 1.29 is 4.79 Å². The lowest BCUT2D eigenvalue weighted by Gasteiger charge is -2.19. The van der Waals surface area contributed by atoms with E-state index in [0.717, 1.165) is 41.1 Å². The quantitative estimate of drug-likeness (QED) is 0.504. The van der Waals surface area contributed by atoms with Gasteiger partial charge in [-0.25, -0.2) is 14.6 Å². The van der Waals surface area contributed by atoms with Crippen LogP contribution in [-0.2, 0) is 4.79 Å². The molecule has 2 heterocycles. The molecule has 7 heteroatoms. The van der Waals surface area contributed by atoms with E-state index >= 15 is 0 Å². The molecule has 0 bridgehead atoms. The van der Waals surface area contributed by atoms with Crippen LogP contribution in [-0.4, -0.2) is 48.9 Å². The Bertz CT molecular complexity index is 891. The highest BCUT2D eigenvalue weighted by molar-refractivity contribution is 8.00. The van der Waals surface area contributed by atoms with Crippen LogP contribution in [0.25, 0.3) is 16.7 Å². The van der Waals surface area contributed by atoms with E-state index in [1.807, 2.05) is 42.2 Å². The SMILES string of the molecule is CCN(C(=O)CSc1ncnc2c1cnn2-c1ccccc1)C1CC1. The first-order valence-electron chi connectivity index (χ1n) is 8.44. The second kappa shape index (κ2) is 6.84. The fourth-order valence-corrected chi connectivity index (χ4v) is 3.78. The van der Waals surface area contributed by atoms with Gasteiger partial charge in [0, 0.05) is 12.6 Å². The molecule has 1 aliphatic carbocycles. The van der Waals surface area contributed by atoms with E-state index in [-0.39, 0.29) is 5.91 Å². The molecule has 4 rings (SSSR count). The van der Waals surface area contributed by atoms with Gasteiger partial charge >= 0.3 is 0 Å². The lowest BCUT2D eigenvalue weighted by molar-refractivity contribution is -0.128.